The van der Waals surface area contributed by atoms with Crippen LogP contribution in [0.4, 0.5) is 0 Å². The molecule has 2 rings (SSSR count). The number of benzene rings is 1. The van der Waals surface area contributed by atoms with Gasteiger partial charge >= 0.3 is 0 Å². The van der Waals surface area contributed by atoms with E-state index >= 15 is 0 Å². The quantitative estimate of drug-likeness (QED) is 0.897. The zero-order valence-electron chi connectivity index (χ0n) is 12.0. The van der Waals surface area contributed by atoms with Gasteiger partial charge in [-0.05, 0) is 42.2 Å². The molecular formula is C17H20N2O. The molecule has 1 aromatic carbocycles. The number of hydrogen-bond donors (Lipinski definition) is 1. The summed E-state index contributed by atoms with van der Waals surface area (Å²) in [4.78, 5) is 15.8. The molecule has 3 nitrogen and oxygen atoms in total. The predicted molar refractivity (Wildman–Crippen MR) is 81.1 cm³/mol. The number of nitrogens with one attached hydrogen (secondary N) is 1. The van der Waals surface area contributed by atoms with Gasteiger partial charge < -0.3 is 5.32 Å². The summed E-state index contributed by atoms with van der Waals surface area (Å²) in [7, 11) is 0. The van der Waals surface area contributed by atoms with Crippen LogP contribution < -0.4 is 5.32 Å². The van der Waals surface area contributed by atoms with Gasteiger partial charge in [-0.1, -0.05) is 31.2 Å². The fourth-order valence-electron chi connectivity index (χ4n) is 2.15. The summed E-state index contributed by atoms with van der Waals surface area (Å²) in [5, 5.41) is 3.02. The molecule has 0 radical (unpaired) electrons. The lowest BCUT2D eigenvalue weighted by atomic mass is 10.0. The minimum Gasteiger partial charge on any atom is -0.350 e. The van der Waals surface area contributed by atoms with Crippen LogP contribution in [0.2, 0.25) is 0 Å². The van der Waals surface area contributed by atoms with Crippen LogP contribution in [0.15, 0.2) is 48.8 Å². The Morgan fingerprint density at radius 1 is 1.25 bits per heavy atom. The molecule has 0 saturated carbocycles. The van der Waals surface area contributed by atoms with Crippen molar-refractivity contribution in [2.45, 2.75) is 32.7 Å². The minimum atomic E-state index is 0.0191. The van der Waals surface area contributed by atoms with E-state index in [2.05, 4.69) is 22.4 Å². The largest absolute Gasteiger partial charge is 0.350 e. The smallest absolute Gasteiger partial charge is 0.220 e. The highest BCUT2D eigenvalue weighted by Gasteiger charge is 2.09. The summed E-state index contributed by atoms with van der Waals surface area (Å²) in [6, 6.07) is 12.2. The summed E-state index contributed by atoms with van der Waals surface area (Å²) >= 11 is 0. The molecule has 0 aliphatic heterocycles. The van der Waals surface area contributed by atoms with E-state index in [1.807, 2.05) is 44.3 Å². The highest BCUT2D eigenvalue weighted by Crippen LogP contribution is 2.22. The van der Waals surface area contributed by atoms with Crippen molar-refractivity contribution in [2.75, 3.05) is 0 Å². The van der Waals surface area contributed by atoms with Crippen LogP contribution in [0.5, 0.6) is 0 Å². The van der Waals surface area contributed by atoms with Crippen molar-refractivity contribution in [1.82, 2.24) is 10.3 Å². The van der Waals surface area contributed by atoms with E-state index in [4.69, 9.17) is 0 Å². The maximum atomic E-state index is 11.7. The molecule has 1 aromatic heterocycles. The van der Waals surface area contributed by atoms with Crippen LogP contribution in [0.3, 0.4) is 0 Å². The van der Waals surface area contributed by atoms with Crippen molar-refractivity contribution < 1.29 is 4.79 Å². The lowest BCUT2D eigenvalue weighted by molar-refractivity contribution is -0.121. The maximum absolute atomic E-state index is 11.7. The Labute approximate surface area is 120 Å². The average Bonchev–Trinajstić information content (AvgIpc) is 2.48. The van der Waals surface area contributed by atoms with Gasteiger partial charge in [-0.2, -0.15) is 0 Å². The van der Waals surface area contributed by atoms with Gasteiger partial charge in [0.25, 0.3) is 0 Å². The SMILES string of the molecule is CCCC(=O)NC(C)c1cccc(-c2cccnc2)c1. The Kier molecular flexibility index (Phi) is 4.88. The third-order valence-corrected chi connectivity index (χ3v) is 3.24. The Hall–Kier alpha value is -2.16. The average molecular weight is 268 g/mol. The predicted octanol–water partition coefficient (Wildman–Crippen LogP) is 3.73. The fraction of sp³-hybridized carbons (Fsp3) is 0.294. The number of aromatic nitrogens is 1. The third-order valence-electron chi connectivity index (χ3n) is 3.24. The number of amides is 1. The number of rotatable bonds is 5. The Morgan fingerprint density at radius 2 is 2.05 bits per heavy atom. The van der Waals surface area contributed by atoms with Crippen molar-refractivity contribution in [3.63, 3.8) is 0 Å². The summed E-state index contributed by atoms with van der Waals surface area (Å²) in [6.45, 7) is 4.02. The zero-order chi connectivity index (χ0) is 14.4. The number of pyridine rings is 1. The molecular weight excluding hydrogens is 248 g/mol. The third kappa shape index (κ3) is 3.67. The second-order valence-electron chi connectivity index (χ2n) is 4.91. The van der Waals surface area contributed by atoms with E-state index in [9.17, 15) is 4.79 Å². The van der Waals surface area contributed by atoms with Gasteiger partial charge in [0, 0.05) is 18.8 Å². The lowest BCUT2D eigenvalue weighted by Gasteiger charge is -2.15. The van der Waals surface area contributed by atoms with Gasteiger partial charge in [0.2, 0.25) is 5.91 Å². The number of carbonyl (C=O) groups excluding carboxylic acids is 1. The molecule has 1 amide bonds. The van der Waals surface area contributed by atoms with Crippen LogP contribution >= 0.6 is 0 Å². The van der Waals surface area contributed by atoms with Crippen molar-refractivity contribution >= 4 is 5.91 Å². The van der Waals surface area contributed by atoms with Gasteiger partial charge in [0.1, 0.15) is 0 Å². The molecule has 1 heterocycles. The van der Waals surface area contributed by atoms with Crippen LogP contribution in [0, 0.1) is 0 Å². The van der Waals surface area contributed by atoms with Gasteiger partial charge in [-0.15, -0.1) is 0 Å². The summed E-state index contributed by atoms with van der Waals surface area (Å²) in [5.74, 6) is 0.104. The fourth-order valence-corrected chi connectivity index (χ4v) is 2.15. The molecule has 0 bridgehead atoms. The molecule has 0 aliphatic rings. The van der Waals surface area contributed by atoms with E-state index in [1.54, 1.807) is 6.20 Å². The summed E-state index contributed by atoms with van der Waals surface area (Å²) in [6.07, 6.45) is 5.06. The van der Waals surface area contributed by atoms with Crippen molar-refractivity contribution in [3.8, 4) is 11.1 Å². The monoisotopic (exact) mass is 268 g/mol. The first-order chi connectivity index (χ1) is 9.70. The van der Waals surface area contributed by atoms with Crippen LogP contribution in [0.1, 0.15) is 38.3 Å². The first-order valence-electron chi connectivity index (χ1n) is 7.00. The molecule has 1 atom stereocenters. The van der Waals surface area contributed by atoms with Crippen LogP contribution in [0.25, 0.3) is 11.1 Å². The first kappa shape index (κ1) is 14.3. The van der Waals surface area contributed by atoms with E-state index in [0.717, 1.165) is 23.1 Å². The van der Waals surface area contributed by atoms with E-state index in [0.29, 0.717) is 6.42 Å². The molecule has 0 spiro atoms. The number of carbonyl (C=O) groups is 1. The zero-order valence-corrected chi connectivity index (χ0v) is 12.0. The normalized spacial score (nSPS) is 11.9. The van der Waals surface area contributed by atoms with Crippen molar-refractivity contribution in [2.24, 2.45) is 0 Å². The summed E-state index contributed by atoms with van der Waals surface area (Å²) < 4.78 is 0. The Balaban J connectivity index is 2.15. The van der Waals surface area contributed by atoms with Crippen molar-refractivity contribution in [1.29, 1.82) is 0 Å². The van der Waals surface area contributed by atoms with Crippen molar-refractivity contribution in [3.05, 3.63) is 54.4 Å². The highest BCUT2D eigenvalue weighted by atomic mass is 16.1. The minimum absolute atomic E-state index is 0.0191. The standard InChI is InChI=1S/C17H20N2O/c1-3-6-17(20)19-13(2)14-7-4-8-15(11-14)16-9-5-10-18-12-16/h4-5,7-13H,3,6H2,1-2H3,(H,19,20). The second kappa shape index (κ2) is 6.85. The molecule has 1 unspecified atom stereocenters. The molecule has 0 fully saturated rings. The molecule has 0 aliphatic carbocycles. The second-order valence-corrected chi connectivity index (χ2v) is 4.91. The molecule has 104 valence electrons. The number of nitrogens with zero attached hydrogens (tertiary/aromatic N) is 1. The van der Waals surface area contributed by atoms with Gasteiger partial charge in [-0.25, -0.2) is 0 Å². The van der Waals surface area contributed by atoms with Gasteiger partial charge in [0.05, 0.1) is 6.04 Å². The molecule has 2 aromatic rings. The van der Waals surface area contributed by atoms with Crippen LogP contribution in [-0.4, -0.2) is 10.9 Å². The van der Waals surface area contributed by atoms with E-state index < -0.39 is 0 Å². The van der Waals surface area contributed by atoms with Crippen LogP contribution in [-0.2, 0) is 4.79 Å². The molecule has 0 saturated heterocycles. The van der Waals surface area contributed by atoms with E-state index in [1.165, 1.54) is 0 Å². The Bertz CT molecular complexity index is 566. The van der Waals surface area contributed by atoms with Gasteiger partial charge in [-0.3, -0.25) is 9.78 Å². The van der Waals surface area contributed by atoms with Gasteiger partial charge in [0.15, 0.2) is 0 Å². The van der Waals surface area contributed by atoms with E-state index in [-0.39, 0.29) is 11.9 Å². The molecule has 3 heteroatoms. The number of hydrogen-bond acceptors (Lipinski definition) is 2. The lowest BCUT2D eigenvalue weighted by Crippen LogP contribution is -2.26. The Morgan fingerprint density at radius 3 is 2.75 bits per heavy atom. The molecule has 1 N–H and O–H groups in total. The highest BCUT2D eigenvalue weighted by molar-refractivity contribution is 5.76. The first-order valence-corrected chi connectivity index (χ1v) is 7.00. The summed E-state index contributed by atoms with van der Waals surface area (Å²) in [5.41, 5.74) is 3.31. The molecule has 20 heavy (non-hydrogen) atoms. The topological polar surface area (TPSA) is 42.0 Å². The maximum Gasteiger partial charge on any atom is 0.220 e.